The predicted molar refractivity (Wildman–Crippen MR) is 233 cm³/mol. The summed E-state index contributed by atoms with van der Waals surface area (Å²) < 4.78 is 22.5. The second kappa shape index (κ2) is 22.7. The average molecular weight is 813 g/mol. The lowest BCUT2D eigenvalue weighted by atomic mass is 9.97. The summed E-state index contributed by atoms with van der Waals surface area (Å²) >= 11 is 0. The maximum absolute atomic E-state index is 13.4. The monoisotopic (exact) mass is 812 g/mol. The summed E-state index contributed by atoms with van der Waals surface area (Å²) in [5, 5.41) is 20.9. The number of esters is 1. The van der Waals surface area contributed by atoms with Gasteiger partial charge in [-0.2, -0.15) is 0 Å². The highest BCUT2D eigenvalue weighted by molar-refractivity contribution is 6.15. The van der Waals surface area contributed by atoms with Gasteiger partial charge in [-0.1, -0.05) is 0 Å². The van der Waals surface area contributed by atoms with Crippen LogP contribution in [0.25, 0.3) is 0 Å². The Labute approximate surface area is 348 Å². The van der Waals surface area contributed by atoms with Crippen LogP contribution in [0.15, 0.2) is 84.9 Å². The van der Waals surface area contributed by atoms with Crippen molar-refractivity contribution in [3.05, 3.63) is 118 Å². The van der Waals surface area contributed by atoms with E-state index in [0.717, 1.165) is 28.3 Å². The number of carbonyl (C=O) groups excluding carboxylic acids is 3. The van der Waals surface area contributed by atoms with Gasteiger partial charge in [-0.25, -0.2) is 4.79 Å². The molecule has 318 valence electrons. The lowest BCUT2D eigenvalue weighted by Crippen LogP contribution is -2.25. The molecule has 0 fully saturated rings. The second-order valence-corrected chi connectivity index (χ2v) is 15.2. The van der Waals surface area contributed by atoms with Gasteiger partial charge in [0.15, 0.2) is 11.6 Å². The minimum atomic E-state index is -1.06. The highest BCUT2D eigenvalue weighted by Crippen LogP contribution is 2.25. The molecule has 2 unspecified atom stereocenters. The summed E-state index contributed by atoms with van der Waals surface area (Å²) in [4.78, 5) is 47.8. The van der Waals surface area contributed by atoms with E-state index in [0.29, 0.717) is 42.7 Å². The third-order valence-corrected chi connectivity index (χ3v) is 9.55. The van der Waals surface area contributed by atoms with E-state index >= 15 is 0 Å². The van der Waals surface area contributed by atoms with E-state index in [1.54, 1.807) is 30.3 Å². The van der Waals surface area contributed by atoms with Crippen molar-refractivity contribution in [2.24, 2.45) is 0 Å². The van der Waals surface area contributed by atoms with Crippen molar-refractivity contribution in [2.75, 3.05) is 116 Å². The first-order chi connectivity index (χ1) is 28.2. The zero-order valence-electron chi connectivity index (χ0n) is 35.6. The molecule has 0 aromatic heterocycles. The Bertz CT molecular complexity index is 1960. The second-order valence-electron chi connectivity index (χ2n) is 15.2. The van der Waals surface area contributed by atoms with Gasteiger partial charge in [0.2, 0.25) is 0 Å². The van der Waals surface area contributed by atoms with E-state index in [4.69, 9.17) is 18.9 Å². The number of hydrogen-bond acceptors (Lipinski definition) is 13. The summed E-state index contributed by atoms with van der Waals surface area (Å²) in [7, 11) is 15.3. The fourth-order valence-corrected chi connectivity index (χ4v) is 6.01. The van der Waals surface area contributed by atoms with E-state index in [9.17, 15) is 24.6 Å². The summed E-state index contributed by atoms with van der Waals surface area (Å²) in [5.41, 5.74) is 6.22. The fraction of sp³-hybridized carbons (Fsp3) is 0.413. The van der Waals surface area contributed by atoms with Crippen molar-refractivity contribution in [1.82, 2.24) is 0 Å². The van der Waals surface area contributed by atoms with Gasteiger partial charge in [0.25, 0.3) is 0 Å². The van der Waals surface area contributed by atoms with E-state index in [-0.39, 0.29) is 55.7 Å². The van der Waals surface area contributed by atoms with E-state index in [2.05, 4.69) is 0 Å². The Morgan fingerprint density at radius 2 is 0.898 bits per heavy atom. The van der Waals surface area contributed by atoms with Crippen molar-refractivity contribution in [3.63, 3.8) is 0 Å². The Morgan fingerprint density at radius 1 is 0.492 bits per heavy atom. The smallest absolute Gasteiger partial charge is 0.339 e. The van der Waals surface area contributed by atoms with Crippen molar-refractivity contribution >= 4 is 40.3 Å². The number of rotatable bonds is 24. The molecule has 0 bridgehead atoms. The van der Waals surface area contributed by atoms with Crippen molar-refractivity contribution in [2.45, 2.75) is 31.7 Å². The molecule has 0 radical (unpaired) electrons. The first-order valence-electron chi connectivity index (χ1n) is 19.7. The number of anilines is 4. The number of aliphatic hydroxyl groups excluding tert-OH is 2. The Kier molecular flexibility index (Phi) is 17.9. The van der Waals surface area contributed by atoms with Crippen molar-refractivity contribution in [1.29, 1.82) is 0 Å². The normalized spacial score (nSPS) is 12.1. The van der Waals surface area contributed by atoms with E-state index < -0.39 is 18.2 Å². The molecule has 4 aromatic carbocycles. The van der Waals surface area contributed by atoms with Gasteiger partial charge in [-0.05, 0) is 103 Å². The minimum absolute atomic E-state index is 0.0342. The number of aliphatic hydroxyl groups is 2. The third kappa shape index (κ3) is 13.9. The summed E-state index contributed by atoms with van der Waals surface area (Å²) in [6.45, 7) is 0.663. The molecule has 0 aliphatic rings. The Hall–Kier alpha value is -5.31. The van der Waals surface area contributed by atoms with Crippen LogP contribution in [0.5, 0.6) is 0 Å². The molecule has 0 aliphatic carbocycles. The van der Waals surface area contributed by atoms with Crippen LogP contribution in [0.2, 0.25) is 0 Å². The van der Waals surface area contributed by atoms with Crippen LogP contribution in [0.1, 0.15) is 60.6 Å². The molecule has 59 heavy (non-hydrogen) atoms. The molecule has 13 heteroatoms. The number of unbranched alkanes of at least 4 members (excludes halogenated alkanes) is 1. The SMILES string of the molecule is CN(C)c1ccc(C(=O)c2ccc(N(C)C)cc2COCC(O)COCCCCOCC(O)COC(=O)c2cc(N(C)C)ccc2C(=O)c2ccc(N(C)C)cc2)cc1. The standard InChI is InChI=1S/C46H60N4O9/c1-47(2)35-15-11-32(12-16-35)44(53)41-21-19-37(49(5)6)25-34(41)27-58-30-39(51)28-56-23-9-10-24-57-29-40(52)31-59-46(55)43-26-38(50(7)8)20-22-42(43)45(54)33-13-17-36(18-14-33)48(3)4/h11-22,25-26,39-40,51-52H,9-10,23-24,27-31H2,1-8H3. The largest absolute Gasteiger partial charge is 0.459 e. The van der Waals surface area contributed by atoms with Crippen LogP contribution in [-0.4, -0.2) is 136 Å². The van der Waals surface area contributed by atoms with Crippen LogP contribution in [0.3, 0.4) is 0 Å². The molecular formula is C46H60N4O9. The molecule has 4 aromatic rings. The van der Waals surface area contributed by atoms with Crippen LogP contribution >= 0.6 is 0 Å². The molecular weight excluding hydrogens is 753 g/mol. The lowest BCUT2D eigenvalue weighted by molar-refractivity contribution is -0.0269. The van der Waals surface area contributed by atoms with Crippen LogP contribution < -0.4 is 19.6 Å². The molecule has 13 nitrogen and oxygen atoms in total. The van der Waals surface area contributed by atoms with Gasteiger partial charge >= 0.3 is 5.97 Å². The number of benzene rings is 4. The van der Waals surface area contributed by atoms with Gasteiger partial charge < -0.3 is 48.8 Å². The first kappa shape index (κ1) is 46.4. The highest BCUT2D eigenvalue weighted by Gasteiger charge is 2.22. The quantitative estimate of drug-likeness (QED) is 0.0536. The molecule has 0 saturated heterocycles. The van der Waals surface area contributed by atoms with Gasteiger partial charge in [-0.3, -0.25) is 9.59 Å². The number of nitrogens with zero attached hydrogens (tertiary/aromatic N) is 4. The van der Waals surface area contributed by atoms with Gasteiger partial charge in [0.1, 0.15) is 18.8 Å². The maximum Gasteiger partial charge on any atom is 0.339 e. The number of hydrogen-bond donors (Lipinski definition) is 2. The van der Waals surface area contributed by atoms with E-state index in [1.165, 1.54) is 0 Å². The van der Waals surface area contributed by atoms with E-state index in [1.807, 2.05) is 131 Å². The van der Waals surface area contributed by atoms with Crippen molar-refractivity contribution < 1.29 is 43.5 Å². The fourth-order valence-electron chi connectivity index (χ4n) is 6.01. The van der Waals surface area contributed by atoms with Gasteiger partial charge in [0, 0.05) is 115 Å². The van der Waals surface area contributed by atoms with Gasteiger partial charge in [0.05, 0.1) is 32.0 Å². The number of carbonyl (C=O) groups is 3. The predicted octanol–water partition coefficient (Wildman–Crippen LogP) is 5.32. The van der Waals surface area contributed by atoms with Gasteiger partial charge in [-0.15, -0.1) is 0 Å². The summed E-state index contributed by atoms with van der Waals surface area (Å²) in [6, 6.07) is 25.2. The maximum atomic E-state index is 13.4. The van der Waals surface area contributed by atoms with Crippen LogP contribution in [0.4, 0.5) is 22.7 Å². The zero-order chi connectivity index (χ0) is 43.1. The lowest BCUT2D eigenvalue weighted by Gasteiger charge is -2.18. The van der Waals surface area contributed by atoms with Crippen molar-refractivity contribution in [3.8, 4) is 0 Å². The Morgan fingerprint density at radius 3 is 1.39 bits per heavy atom. The minimum Gasteiger partial charge on any atom is -0.459 e. The Balaban J connectivity index is 1.14. The molecule has 4 rings (SSSR count). The van der Waals surface area contributed by atoms with Crippen LogP contribution in [0, 0.1) is 0 Å². The molecule has 2 N–H and O–H groups in total. The molecule has 0 spiro atoms. The van der Waals surface area contributed by atoms with Crippen LogP contribution in [-0.2, 0) is 25.6 Å². The highest BCUT2D eigenvalue weighted by atomic mass is 16.5. The molecule has 0 saturated carbocycles. The third-order valence-electron chi connectivity index (χ3n) is 9.55. The summed E-state index contributed by atoms with van der Waals surface area (Å²) in [6.07, 6.45) is -0.607. The number of ketones is 2. The molecule has 2 atom stereocenters. The topological polar surface area (TPSA) is 142 Å². The molecule has 0 amide bonds. The average Bonchev–Trinajstić information content (AvgIpc) is 3.22. The number of ether oxygens (including phenoxy) is 4. The summed E-state index contributed by atoms with van der Waals surface area (Å²) in [5.74, 6) is -1.12. The zero-order valence-corrected chi connectivity index (χ0v) is 35.6. The molecule has 0 heterocycles. The first-order valence-corrected chi connectivity index (χ1v) is 19.7. The molecule has 0 aliphatic heterocycles.